The van der Waals surface area contributed by atoms with Crippen LogP contribution >= 0.6 is 0 Å². The van der Waals surface area contributed by atoms with Crippen molar-refractivity contribution in [3.63, 3.8) is 0 Å². The highest BCUT2D eigenvalue weighted by Gasteiger charge is 2.34. The third-order valence-corrected chi connectivity index (χ3v) is 3.29. The van der Waals surface area contributed by atoms with Gasteiger partial charge in [-0.2, -0.15) is 0 Å². The number of alkyl carbamates (subject to hydrolysis) is 1. The van der Waals surface area contributed by atoms with Crippen LogP contribution in [0.25, 0.3) is 0 Å². The second kappa shape index (κ2) is 7.11. The highest BCUT2D eigenvalue weighted by atomic mass is 16.5. The number of nitrogens with zero attached hydrogens (tertiary/aromatic N) is 2. The molecule has 19 heavy (non-hydrogen) atoms. The topological polar surface area (TPSA) is 71.0 Å². The van der Waals surface area contributed by atoms with E-state index < -0.39 is 12.1 Å². The summed E-state index contributed by atoms with van der Waals surface area (Å²) in [5, 5.41) is 2.61. The van der Waals surface area contributed by atoms with Crippen LogP contribution in [0.4, 0.5) is 4.79 Å². The predicted molar refractivity (Wildman–Crippen MR) is 73.3 cm³/mol. The summed E-state index contributed by atoms with van der Waals surface area (Å²) in [6.07, 6.45) is 3.10. The van der Waals surface area contributed by atoms with Gasteiger partial charge in [0.2, 0.25) is 5.91 Å². The highest BCUT2D eigenvalue weighted by molar-refractivity contribution is 5.88. The molecule has 1 heterocycles. The van der Waals surface area contributed by atoms with E-state index in [4.69, 9.17) is 0 Å². The maximum Gasteiger partial charge on any atom is 0.407 e. The smallest absolute Gasteiger partial charge is 0.407 e. The zero-order valence-corrected chi connectivity index (χ0v) is 12.0. The van der Waals surface area contributed by atoms with E-state index in [-0.39, 0.29) is 17.9 Å². The van der Waals surface area contributed by atoms with Crippen LogP contribution in [0.3, 0.4) is 0 Å². The molecule has 0 bridgehead atoms. The van der Waals surface area contributed by atoms with Crippen LogP contribution in [0.15, 0.2) is 4.99 Å². The Balaban J connectivity index is 2.78. The predicted octanol–water partition coefficient (Wildman–Crippen LogP) is 1.06. The molecule has 0 aliphatic carbocycles. The van der Waals surface area contributed by atoms with Crippen molar-refractivity contribution in [2.24, 2.45) is 10.9 Å². The zero-order valence-electron chi connectivity index (χ0n) is 12.0. The lowest BCUT2D eigenvalue weighted by Gasteiger charge is -2.29. The summed E-state index contributed by atoms with van der Waals surface area (Å²) in [5.41, 5.74) is 0. The van der Waals surface area contributed by atoms with Crippen LogP contribution in [0.5, 0.6) is 0 Å². The number of aliphatic imine (C=N–C) groups is 1. The first-order valence-corrected chi connectivity index (χ1v) is 6.58. The molecule has 0 aromatic carbocycles. The number of carbonyl (C=O) groups excluding carboxylic acids is 2. The normalized spacial score (nSPS) is 20.9. The van der Waals surface area contributed by atoms with Crippen molar-refractivity contribution >= 4 is 18.2 Å². The Bertz CT molecular complexity index is 355. The Morgan fingerprint density at radius 2 is 2.16 bits per heavy atom. The number of nitrogens with one attached hydrogen (secondary N) is 1. The number of hydrogen-bond acceptors (Lipinski definition) is 4. The molecule has 1 rings (SSSR count). The maximum atomic E-state index is 12.5. The SMILES string of the molecule is CN=CC1CCCN1C(=O)C(NC(=O)OC)C(C)C. The minimum Gasteiger partial charge on any atom is -0.453 e. The van der Waals surface area contributed by atoms with Crippen molar-refractivity contribution in [3.8, 4) is 0 Å². The molecule has 0 radical (unpaired) electrons. The molecule has 0 spiro atoms. The van der Waals surface area contributed by atoms with Crippen molar-refractivity contribution in [1.82, 2.24) is 10.2 Å². The van der Waals surface area contributed by atoms with E-state index in [1.165, 1.54) is 7.11 Å². The molecule has 1 N–H and O–H groups in total. The zero-order chi connectivity index (χ0) is 14.4. The summed E-state index contributed by atoms with van der Waals surface area (Å²) in [7, 11) is 2.99. The second-order valence-corrected chi connectivity index (χ2v) is 5.01. The minimum atomic E-state index is -0.577. The van der Waals surface area contributed by atoms with E-state index in [2.05, 4.69) is 15.0 Å². The Labute approximate surface area is 114 Å². The van der Waals surface area contributed by atoms with Crippen LogP contribution in [-0.4, -0.2) is 55.9 Å². The first-order valence-electron chi connectivity index (χ1n) is 6.58. The van der Waals surface area contributed by atoms with Gasteiger partial charge < -0.3 is 15.0 Å². The molecule has 2 amide bonds. The van der Waals surface area contributed by atoms with Crippen LogP contribution in [0.1, 0.15) is 26.7 Å². The number of rotatable bonds is 4. The third-order valence-electron chi connectivity index (χ3n) is 3.29. The third kappa shape index (κ3) is 3.94. The van der Waals surface area contributed by atoms with Crippen molar-refractivity contribution in [2.45, 2.75) is 38.8 Å². The first-order chi connectivity index (χ1) is 9.01. The standard InChI is InChI=1S/C13H23N3O3/c1-9(2)11(15-13(18)19-4)12(17)16-7-5-6-10(16)8-14-3/h8-11H,5-7H2,1-4H3,(H,15,18). The number of hydrogen-bond donors (Lipinski definition) is 1. The molecule has 2 unspecified atom stereocenters. The van der Waals surface area contributed by atoms with Crippen molar-refractivity contribution in [3.05, 3.63) is 0 Å². The number of carbonyl (C=O) groups is 2. The average molecular weight is 269 g/mol. The molecule has 1 saturated heterocycles. The lowest BCUT2D eigenvalue weighted by molar-refractivity contribution is -0.134. The summed E-state index contributed by atoms with van der Waals surface area (Å²) in [6, 6.07) is -0.517. The summed E-state index contributed by atoms with van der Waals surface area (Å²) >= 11 is 0. The van der Waals surface area contributed by atoms with Gasteiger partial charge in [0.05, 0.1) is 13.2 Å². The van der Waals surface area contributed by atoms with Gasteiger partial charge in [-0.1, -0.05) is 13.8 Å². The first kappa shape index (κ1) is 15.5. The van der Waals surface area contributed by atoms with Gasteiger partial charge in [-0.3, -0.25) is 9.79 Å². The Hall–Kier alpha value is -1.59. The summed E-state index contributed by atoms with van der Waals surface area (Å²) in [6.45, 7) is 4.51. The van der Waals surface area contributed by atoms with Crippen LogP contribution in [0, 0.1) is 5.92 Å². The lowest BCUT2D eigenvalue weighted by Crippen LogP contribution is -2.52. The lowest BCUT2D eigenvalue weighted by atomic mass is 10.0. The number of ether oxygens (including phenoxy) is 1. The molecular formula is C13H23N3O3. The Kier molecular flexibility index (Phi) is 5.79. The highest BCUT2D eigenvalue weighted by Crippen LogP contribution is 2.19. The molecule has 0 aromatic rings. The number of methoxy groups -OCH3 is 1. The van der Waals surface area contributed by atoms with Gasteiger partial charge in [-0.15, -0.1) is 0 Å². The molecule has 2 atom stereocenters. The van der Waals surface area contributed by atoms with Gasteiger partial charge in [0.15, 0.2) is 0 Å². The molecule has 1 aliphatic rings. The van der Waals surface area contributed by atoms with Crippen molar-refractivity contribution in [2.75, 3.05) is 20.7 Å². The molecular weight excluding hydrogens is 246 g/mol. The van der Waals surface area contributed by atoms with Gasteiger partial charge >= 0.3 is 6.09 Å². The number of amides is 2. The van der Waals surface area contributed by atoms with Gasteiger partial charge in [0.1, 0.15) is 6.04 Å². The summed E-state index contributed by atoms with van der Waals surface area (Å²) in [5.74, 6) is -0.0609. The van der Waals surface area contributed by atoms with E-state index in [0.717, 1.165) is 12.8 Å². The van der Waals surface area contributed by atoms with Crippen LogP contribution in [-0.2, 0) is 9.53 Å². The molecule has 0 saturated carbocycles. The molecule has 108 valence electrons. The van der Waals surface area contributed by atoms with E-state index in [0.29, 0.717) is 6.54 Å². The Morgan fingerprint density at radius 3 is 2.68 bits per heavy atom. The molecule has 1 fully saturated rings. The molecule has 1 aliphatic heterocycles. The fourth-order valence-corrected chi connectivity index (χ4v) is 2.27. The maximum absolute atomic E-state index is 12.5. The van der Waals surface area contributed by atoms with E-state index in [9.17, 15) is 9.59 Å². The second-order valence-electron chi connectivity index (χ2n) is 5.01. The van der Waals surface area contributed by atoms with Gasteiger partial charge in [0, 0.05) is 19.8 Å². The van der Waals surface area contributed by atoms with Crippen LogP contribution in [0.2, 0.25) is 0 Å². The fourth-order valence-electron chi connectivity index (χ4n) is 2.27. The van der Waals surface area contributed by atoms with Gasteiger partial charge in [-0.25, -0.2) is 4.79 Å². The largest absolute Gasteiger partial charge is 0.453 e. The monoisotopic (exact) mass is 269 g/mol. The fraction of sp³-hybridized carbons (Fsp3) is 0.769. The average Bonchev–Trinajstić information content (AvgIpc) is 2.83. The minimum absolute atomic E-state index is 0.00594. The van der Waals surface area contributed by atoms with Gasteiger partial charge in [0.25, 0.3) is 0 Å². The van der Waals surface area contributed by atoms with E-state index in [1.54, 1.807) is 18.2 Å². The summed E-state index contributed by atoms with van der Waals surface area (Å²) < 4.78 is 4.57. The van der Waals surface area contributed by atoms with Crippen molar-refractivity contribution in [1.29, 1.82) is 0 Å². The summed E-state index contributed by atoms with van der Waals surface area (Å²) in [4.78, 5) is 29.6. The Morgan fingerprint density at radius 1 is 1.47 bits per heavy atom. The molecule has 6 heteroatoms. The molecule has 0 aromatic heterocycles. The quantitative estimate of drug-likeness (QED) is 0.776. The van der Waals surface area contributed by atoms with E-state index in [1.807, 2.05) is 13.8 Å². The molecule has 6 nitrogen and oxygen atoms in total. The van der Waals surface area contributed by atoms with E-state index >= 15 is 0 Å². The van der Waals surface area contributed by atoms with Crippen molar-refractivity contribution < 1.29 is 14.3 Å². The number of likely N-dealkylation sites (tertiary alicyclic amines) is 1. The van der Waals surface area contributed by atoms with Crippen LogP contribution < -0.4 is 5.32 Å². The van der Waals surface area contributed by atoms with Gasteiger partial charge in [-0.05, 0) is 18.8 Å².